The maximum Gasteiger partial charge on any atom is 0.262 e. The van der Waals surface area contributed by atoms with Gasteiger partial charge in [0, 0.05) is 16.5 Å². The van der Waals surface area contributed by atoms with Crippen LogP contribution in [0.15, 0.2) is 60.7 Å². The lowest BCUT2D eigenvalue weighted by Gasteiger charge is -2.30. The molecular formula is C21H13NO2. The van der Waals surface area contributed by atoms with Crippen molar-refractivity contribution in [3.05, 3.63) is 82.2 Å². The largest absolute Gasteiger partial charge is 0.269 e. The van der Waals surface area contributed by atoms with E-state index in [-0.39, 0.29) is 17.9 Å². The first-order valence-corrected chi connectivity index (χ1v) is 7.92. The zero-order valence-electron chi connectivity index (χ0n) is 12.8. The molecule has 0 spiro atoms. The molecule has 1 aliphatic heterocycles. The fourth-order valence-electron chi connectivity index (χ4n) is 3.70. The third-order valence-corrected chi connectivity index (χ3v) is 4.80. The molecule has 114 valence electrons. The van der Waals surface area contributed by atoms with Crippen LogP contribution >= 0.6 is 0 Å². The summed E-state index contributed by atoms with van der Waals surface area (Å²) in [7, 11) is 0. The number of hydrogen-bond donors (Lipinski definition) is 0. The lowest BCUT2D eigenvalue weighted by atomic mass is 9.93. The molecule has 3 aromatic rings. The van der Waals surface area contributed by atoms with E-state index in [0.29, 0.717) is 11.1 Å². The fourth-order valence-corrected chi connectivity index (χ4v) is 3.70. The van der Waals surface area contributed by atoms with Gasteiger partial charge in [-0.15, -0.1) is 0 Å². The highest BCUT2D eigenvalue weighted by atomic mass is 16.2. The number of imide groups is 1. The summed E-state index contributed by atoms with van der Waals surface area (Å²) >= 11 is 0. The van der Waals surface area contributed by atoms with Gasteiger partial charge in [-0.05, 0) is 40.1 Å². The van der Waals surface area contributed by atoms with Crippen LogP contribution in [0.2, 0.25) is 0 Å². The SMILES string of the molecule is O=C1c2cccc3cccc(c23)C(=O)N1C1C=c2ccccc2=C1. The standard InChI is InChI=1S/C21H13NO2/c23-20-17-9-3-7-13-8-4-10-18(19(13)17)21(24)22(20)16-11-14-5-1-2-6-15(14)12-16/h1-12,16H. The molecular weight excluding hydrogens is 298 g/mol. The van der Waals surface area contributed by atoms with Crippen molar-refractivity contribution in [1.82, 2.24) is 4.90 Å². The quantitative estimate of drug-likeness (QED) is 0.645. The summed E-state index contributed by atoms with van der Waals surface area (Å²) in [6, 6.07) is 18.8. The van der Waals surface area contributed by atoms with Crippen molar-refractivity contribution >= 4 is 34.7 Å². The van der Waals surface area contributed by atoms with Gasteiger partial charge in [0.15, 0.2) is 0 Å². The van der Waals surface area contributed by atoms with Gasteiger partial charge in [0.1, 0.15) is 0 Å². The highest BCUT2D eigenvalue weighted by Gasteiger charge is 2.36. The van der Waals surface area contributed by atoms with E-state index in [2.05, 4.69) is 0 Å². The maximum absolute atomic E-state index is 13.0. The zero-order chi connectivity index (χ0) is 16.3. The van der Waals surface area contributed by atoms with Crippen LogP contribution in [-0.4, -0.2) is 22.8 Å². The summed E-state index contributed by atoms with van der Waals surface area (Å²) in [5, 5.41) is 3.80. The minimum atomic E-state index is -0.342. The van der Waals surface area contributed by atoms with Crippen molar-refractivity contribution in [2.75, 3.05) is 0 Å². The summed E-state index contributed by atoms with van der Waals surface area (Å²) < 4.78 is 0. The van der Waals surface area contributed by atoms with Gasteiger partial charge >= 0.3 is 0 Å². The Bertz CT molecular complexity index is 1070. The predicted molar refractivity (Wildman–Crippen MR) is 92.9 cm³/mol. The first-order valence-electron chi connectivity index (χ1n) is 7.92. The molecule has 1 aliphatic carbocycles. The summed E-state index contributed by atoms with van der Waals surface area (Å²) in [4.78, 5) is 27.4. The lowest BCUT2D eigenvalue weighted by Crippen LogP contribution is -2.45. The van der Waals surface area contributed by atoms with Crippen LogP contribution in [0, 0.1) is 0 Å². The van der Waals surface area contributed by atoms with Crippen LogP contribution < -0.4 is 10.4 Å². The van der Waals surface area contributed by atoms with Gasteiger partial charge < -0.3 is 0 Å². The van der Waals surface area contributed by atoms with E-state index in [4.69, 9.17) is 0 Å². The monoisotopic (exact) mass is 311 g/mol. The molecule has 0 saturated carbocycles. The molecule has 2 amide bonds. The Hall–Kier alpha value is -3.20. The molecule has 0 N–H and O–H groups in total. The lowest BCUT2D eigenvalue weighted by molar-refractivity contribution is 0.0609. The van der Waals surface area contributed by atoms with E-state index in [9.17, 15) is 9.59 Å². The van der Waals surface area contributed by atoms with Crippen LogP contribution in [0.3, 0.4) is 0 Å². The smallest absolute Gasteiger partial charge is 0.262 e. The number of amides is 2. The number of carbonyl (C=O) groups excluding carboxylic acids is 2. The van der Waals surface area contributed by atoms with E-state index in [1.807, 2.05) is 60.7 Å². The molecule has 0 atom stereocenters. The Morgan fingerprint density at radius 2 is 1.21 bits per heavy atom. The van der Waals surface area contributed by atoms with E-state index in [1.54, 1.807) is 12.1 Å². The van der Waals surface area contributed by atoms with Crippen molar-refractivity contribution in [2.45, 2.75) is 6.04 Å². The van der Waals surface area contributed by atoms with Crippen molar-refractivity contribution in [2.24, 2.45) is 0 Å². The van der Waals surface area contributed by atoms with E-state index >= 15 is 0 Å². The highest BCUT2D eigenvalue weighted by molar-refractivity contribution is 6.26. The van der Waals surface area contributed by atoms with Gasteiger partial charge in [0.2, 0.25) is 0 Å². The molecule has 0 fully saturated rings. The second-order valence-corrected chi connectivity index (χ2v) is 6.14. The van der Waals surface area contributed by atoms with Gasteiger partial charge in [-0.2, -0.15) is 0 Å². The molecule has 3 nitrogen and oxygen atoms in total. The number of fused-ring (bicyclic) bond motifs is 1. The minimum Gasteiger partial charge on any atom is -0.269 e. The number of nitrogens with zero attached hydrogens (tertiary/aromatic N) is 1. The fraction of sp³-hybridized carbons (Fsp3) is 0.0476. The Kier molecular flexibility index (Phi) is 2.57. The molecule has 0 aromatic heterocycles. The minimum absolute atomic E-state index is 0.227. The third kappa shape index (κ3) is 1.67. The molecule has 3 heteroatoms. The third-order valence-electron chi connectivity index (χ3n) is 4.80. The Balaban J connectivity index is 1.72. The molecule has 1 heterocycles. The number of carbonyl (C=O) groups is 2. The number of rotatable bonds is 1. The molecule has 3 aromatic carbocycles. The van der Waals surface area contributed by atoms with Gasteiger partial charge in [-0.3, -0.25) is 14.5 Å². The first-order chi connectivity index (χ1) is 11.7. The van der Waals surface area contributed by atoms with E-state index in [1.165, 1.54) is 4.90 Å². The molecule has 0 saturated heterocycles. The summed E-state index contributed by atoms with van der Waals surface area (Å²) in [5.41, 5.74) is 1.20. The molecule has 0 radical (unpaired) electrons. The Morgan fingerprint density at radius 3 is 1.75 bits per heavy atom. The van der Waals surface area contributed by atoms with Crippen LogP contribution in [0.25, 0.3) is 22.9 Å². The average Bonchev–Trinajstić information content (AvgIpc) is 3.03. The van der Waals surface area contributed by atoms with Gasteiger partial charge in [0.25, 0.3) is 11.8 Å². The van der Waals surface area contributed by atoms with Gasteiger partial charge in [-0.25, -0.2) is 0 Å². The van der Waals surface area contributed by atoms with Crippen LogP contribution in [-0.2, 0) is 0 Å². The number of hydrogen-bond acceptors (Lipinski definition) is 2. The Labute approximate surface area is 138 Å². The summed E-state index contributed by atoms with van der Waals surface area (Å²) in [6.07, 6.45) is 3.94. The normalized spacial score (nSPS) is 16.1. The van der Waals surface area contributed by atoms with Crippen LogP contribution in [0.1, 0.15) is 20.7 Å². The van der Waals surface area contributed by atoms with Gasteiger partial charge in [0.05, 0.1) is 6.04 Å². The van der Waals surface area contributed by atoms with Crippen LogP contribution in [0.5, 0.6) is 0 Å². The molecule has 5 rings (SSSR count). The topological polar surface area (TPSA) is 37.4 Å². The molecule has 0 unspecified atom stereocenters. The van der Waals surface area contributed by atoms with Gasteiger partial charge in [-0.1, -0.05) is 48.5 Å². The van der Waals surface area contributed by atoms with Crippen molar-refractivity contribution < 1.29 is 9.59 Å². The Morgan fingerprint density at radius 1 is 0.667 bits per heavy atom. The van der Waals surface area contributed by atoms with Crippen LogP contribution in [0.4, 0.5) is 0 Å². The van der Waals surface area contributed by atoms with Crippen molar-refractivity contribution in [3.8, 4) is 0 Å². The zero-order valence-corrected chi connectivity index (χ0v) is 12.8. The second-order valence-electron chi connectivity index (χ2n) is 6.14. The van der Waals surface area contributed by atoms with Crippen molar-refractivity contribution in [1.29, 1.82) is 0 Å². The second kappa shape index (κ2) is 4.65. The molecule has 24 heavy (non-hydrogen) atoms. The molecule has 0 bridgehead atoms. The maximum atomic E-state index is 13.0. The van der Waals surface area contributed by atoms with E-state index < -0.39 is 0 Å². The summed E-state index contributed by atoms with van der Waals surface area (Å²) in [5.74, 6) is -0.454. The molecule has 2 aliphatic rings. The first kappa shape index (κ1) is 13.3. The van der Waals surface area contributed by atoms with E-state index in [0.717, 1.165) is 21.2 Å². The highest BCUT2D eigenvalue weighted by Crippen LogP contribution is 2.31. The number of benzene rings is 3. The predicted octanol–water partition coefficient (Wildman–Crippen LogP) is 2.08. The summed E-state index contributed by atoms with van der Waals surface area (Å²) in [6.45, 7) is 0. The average molecular weight is 311 g/mol. The van der Waals surface area contributed by atoms with Crippen molar-refractivity contribution in [3.63, 3.8) is 0 Å².